The van der Waals surface area contributed by atoms with Gasteiger partial charge in [-0.05, 0) is 19.0 Å². The molecular formula is C13H22N2O2. The van der Waals surface area contributed by atoms with Gasteiger partial charge in [0, 0.05) is 32.3 Å². The van der Waals surface area contributed by atoms with Gasteiger partial charge in [0.1, 0.15) is 5.76 Å². The minimum atomic E-state index is 0.391. The molecule has 96 valence electrons. The maximum atomic E-state index is 5.57. The van der Waals surface area contributed by atoms with Crippen molar-refractivity contribution in [2.45, 2.75) is 32.5 Å². The van der Waals surface area contributed by atoms with Crippen LogP contribution in [0.15, 0.2) is 16.7 Å². The highest BCUT2D eigenvalue weighted by Crippen LogP contribution is 2.18. The van der Waals surface area contributed by atoms with Crippen LogP contribution in [0.3, 0.4) is 0 Å². The molecule has 0 amide bonds. The molecule has 17 heavy (non-hydrogen) atoms. The van der Waals surface area contributed by atoms with Gasteiger partial charge < -0.3 is 14.5 Å². The van der Waals surface area contributed by atoms with Gasteiger partial charge in [-0.1, -0.05) is 6.92 Å². The number of likely N-dealkylation sites (tertiary alicyclic amines) is 1. The van der Waals surface area contributed by atoms with E-state index in [0.29, 0.717) is 6.10 Å². The molecule has 4 nitrogen and oxygen atoms in total. The fraction of sp³-hybridized carbons (Fsp3) is 0.692. The molecular weight excluding hydrogens is 216 g/mol. The van der Waals surface area contributed by atoms with Gasteiger partial charge in [-0.15, -0.1) is 0 Å². The van der Waals surface area contributed by atoms with E-state index in [-0.39, 0.29) is 0 Å². The lowest BCUT2D eigenvalue weighted by Gasteiger charge is -2.15. The van der Waals surface area contributed by atoms with Crippen LogP contribution >= 0.6 is 0 Å². The number of hydrogen-bond acceptors (Lipinski definition) is 4. The topological polar surface area (TPSA) is 37.6 Å². The van der Waals surface area contributed by atoms with Gasteiger partial charge in [-0.2, -0.15) is 0 Å². The van der Waals surface area contributed by atoms with Crippen molar-refractivity contribution in [1.29, 1.82) is 0 Å². The first-order valence-corrected chi connectivity index (χ1v) is 6.34. The first kappa shape index (κ1) is 12.6. The van der Waals surface area contributed by atoms with Crippen LogP contribution in [0.25, 0.3) is 0 Å². The summed E-state index contributed by atoms with van der Waals surface area (Å²) in [5, 5.41) is 3.33. The highest BCUT2D eigenvalue weighted by molar-refractivity contribution is 5.17. The van der Waals surface area contributed by atoms with E-state index in [4.69, 9.17) is 9.15 Å². The molecule has 2 heterocycles. The molecule has 1 atom stereocenters. The molecule has 0 aromatic carbocycles. The molecule has 1 saturated heterocycles. The summed E-state index contributed by atoms with van der Waals surface area (Å²) >= 11 is 0. The summed E-state index contributed by atoms with van der Waals surface area (Å²) in [6.45, 7) is 7.00. The first-order valence-electron chi connectivity index (χ1n) is 6.34. The van der Waals surface area contributed by atoms with E-state index in [0.717, 1.165) is 44.9 Å². The third kappa shape index (κ3) is 3.31. The number of rotatable bonds is 6. The zero-order chi connectivity index (χ0) is 12.1. The van der Waals surface area contributed by atoms with Crippen molar-refractivity contribution in [2.75, 3.05) is 26.7 Å². The summed E-state index contributed by atoms with van der Waals surface area (Å²) in [6.07, 6.45) is 3.30. The molecule has 1 aliphatic heterocycles. The van der Waals surface area contributed by atoms with Gasteiger partial charge in [-0.25, -0.2) is 0 Å². The second-order valence-electron chi connectivity index (χ2n) is 4.53. The number of nitrogens with zero attached hydrogens (tertiary/aromatic N) is 1. The van der Waals surface area contributed by atoms with Gasteiger partial charge in [0.25, 0.3) is 0 Å². The van der Waals surface area contributed by atoms with Crippen LogP contribution in [0.4, 0.5) is 0 Å². The molecule has 0 saturated carbocycles. The average Bonchev–Trinajstić information content (AvgIpc) is 2.96. The molecule has 0 radical (unpaired) electrons. The van der Waals surface area contributed by atoms with Crippen LogP contribution in [-0.2, 0) is 17.8 Å². The fourth-order valence-corrected chi connectivity index (χ4v) is 2.26. The Hall–Kier alpha value is -0.840. The molecule has 1 aliphatic rings. The minimum absolute atomic E-state index is 0.391. The lowest BCUT2D eigenvalue weighted by Crippen LogP contribution is -2.23. The van der Waals surface area contributed by atoms with Gasteiger partial charge in [0.15, 0.2) is 0 Å². The maximum absolute atomic E-state index is 5.57. The van der Waals surface area contributed by atoms with Crippen LogP contribution < -0.4 is 5.32 Å². The van der Waals surface area contributed by atoms with E-state index in [1.54, 1.807) is 13.4 Å². The van der Waals surface area contributed by atoms with Crippen LogP contribution in [0.1, 0.15) is 24.7 Å². The van der Waals surface area contributed by atoms with Crippen LogP contribution in [0.2, 0.25) is 0 Å². The number of nitrogens with one attached hydrogen (secondary N) is 1. The van der Waals surface area contributed by atoms with Crippen LogP contribution in [0.5, 0.6) is 0 Å². The Morgan fingerprint density at radius 3 is 3.18 bits per heavy atom. The number of methoxy groups -OCH3 is 1. The van der Waals surface area contributed by atoms with Gasteiger partial charge in [0.05, 0.1) is 18.9 Å². The summed E-state index contributed by atoms with van der Waals surface area (Å²) in [7, 11) is 1.79. The quantitative estimate of drug-likeness (QED) is 0.817. The predicted octanol–water partition coefficient (Wildman–Crippen LogP) is 1.61. The van der Waals surface area contributed by atoms with Crippen molar-refractivity contribution in [1.82, 2.24) is 10.2 Å². The standard InChI is InChI=1S/C13H22N2O2/c1-3-14-8-11-5-7-17-13(11)10-15-6-4-12(9-15)16-2/h5,7,12,14H,3-4,6,8-10H2,1-2H3. The Bertz CT molecular complexity index is 338. The second kappa shape index (κ2) is 6.19. The molecule has 1 aromatic rings. The Morgan fingerprint density at radius 1 is 1.59 bits per heavy atom. The van der Waals surface area contributed by atoms with Gasteiger partial charge in [-0.3, -0.25) is 4.90 Å². The zero-order valence-electron chi connectivity index (χ0n) is 10.7. The normalized spacial score (nSPS) is 21.2. The van der Waals surface area contributed by atoms with E-state index < -0.39 is 0 Å². The largest absolute Gasteiger partial charge is 0.468 e. The molecule has 0 spiro atoms. The zero-order valence-corrected chi connectivity index (χ0v) is 10.7. The molecule has 1 unspecified atom stereocenters. The SMILES string of the molecule is CCNCc1ccoc1CN1CCC(OC)C1. The van der Waals surface area contributed by atoms with Crippen molar-refractivity contribution in [3.8, 4) is 0 Å². The Labute approximate surface area is 103 Å². The van der Waals surface area contributed by atoms with Crippen molar-refractivity contribution >= 4 is 0 Å². The molecule has 1 aromatic heterocycles. The highest BCUT2D eigenvalue weighted by atomic mass is 16.5. The first-order chi connectivity index (χ1) is 8.33. The Balaban J connectivity index is 1.88. The molecule has 1 N–H and O–H groups in total. The van der Waals surface area contributed by atoms with E-state index in [9.17, 15) is 0 Å². The Kier molecular flexibility index (Phi) is 4.59. The average molecular weight is 238 g/mol. The minimum Gasteiger partial charge on any atom is -0.468 e. The fourth-order valence-electron chi connectivity index (χ4n) is 2.26. The third-order valence-electron chi connectivity index (χ3n) is 3.33. The van der Waals surface area contributed by atoms with Crippen molar-refractivity contribution in [3.63, 3.8) is 0 Å². The molecule has 2 rings (SSSR count). The van der Waals surface area contributed by atoms with E-state index in [2.05, 4.69) is 23.2 Å². The molecule has 4 heteroatoms. The van der Waals surface area contributed by atoms with Gasteiger partial charge >= 0.3 is 0 Å². The summed E-state index contributed by atoms with van der Waals surface area (Å²) in [5.41, 5.74) is 1.27. The summed E-state index contributed by atoms with van der Waals surface area (Å²) in [4.78, 5) is 2.39. The molecule has 0 bridgehead atoms. The second-order valence-corrected chi connectivity index (χ2v) is 4.53. The number of furan rings is 1. The summed E-state index contributed by atoms with van der Waals surface area (Å²) in [6, 6.07) is 2.06. The lowest BCUT2D eigenvalue weighted by molar-refractivity contribution is 0.106. The lowest BCUT2D eigenvalue weighted by atomic mass is 10.2. The van der Waals surface area contributed by atoms with E-state index >= 15 is 0 Å². The van der Waals surface area contributed by atoms with Crippen LogP contribution in [0, 0.1) is 0 Å². The summed E-state index contributed by atoms with van der Waals surface area (Å²) < 4.78 is 10.9. The highest BCUT2D eigenvalue weighted by Gasteiger charge is 2.23. The third-order valence-corrected chi connectivity index (χ3v) is 3.33. The van der Waals surface area contributed by atoms with Crippen molar-refractivity contribution in [2.24, 2.45) is 0 Å². The maximum Gasteiger partial charge on any atom is 0.122 e. The van der Waals surface area contributed by atoms with Gasteiger partial charge in [0.2, 0.25) is 0 Å². The molecule has 0 aliphatic carbocycles. The van der Waals surface area contributed by atoms with E-state index in [1.165, 1.54) is 5.56 Å². The van der Waals surface area contributed by atoms with Crippen molar-refractivity contribution < 1.29 is 9.15 Å². The monoisotopic (exact) mass is 238 g/mol. The van der Waals surface area contributed by atoms with Crippen LogP contribution in [-0.4, -0.2) is 37.7 Å². The van der Waals surface area contributed by atoms with Crippen molar-refractivity contribution in [3.05, 3.63) is 23.7 Å². The smallest absolute Gasteiger partial charge is 0.122 e. The number of ether oxygens (including phenoxy) is 1. The predicted molar refractivity (Wildman–Crippen MR) is 66.8 cm³/mol. The molecule has 1 fully saturated rings. The Morgan fingerprint density at radius 2 is 2.47 bits per heavy atom. The van der Waals surface area contributed by atoms with E-state index in [1.807, 2.05) is 0 Å². The number of hydrogen-bond donors (Lipinski definition) is 1. The summed E-state index contributed by atoms with van der Waals surface area (Å²) in [5.74, 6) is 1.09.